The molecule has 1 heterocycles. The van der Waals surface area contributed by atoms with Crippen LogP contribution in [0.1, 0.15) is 31.4 Å². The van der Waals surface area contributed by atoms with Crippen molar-refractivity contribution in [1.82, 2.24) is 9.80 Å². The van der Waals surface area contributed by atoms with Gasteiger partial charge in [0.2, 0.25) is 0 Å². The summed E-state index contributed by atoms with van der Waals surface area (Å²) in [5.74, 6) is 0. The Bertz CT molecular complexity index is 366. The van der Waals surface area contributed by atoms with E-state index in [4.69, 9.17) is 5.73 Å². The lowest BCUT2D eigenvalue weighted by molar-refractivity contribution is 0.135. The van der Waals surface area contributed by atoms with E-state index in [9.17, 15) is 0 Å². The summed E-state index contributed by atoms with van der Waals surface area (Å²) in [6, 6.07) is 11.9. The van der Waals surface area contributed by atoms with Gasteiger partial charge in [0.05, 0.1) is 0 Å². The van der Waals surface area contributed by atoms with Gasteiger partial charge in [-0.3, -0.25) is 4.90 Å². The van der Waals surface area contributed by atoms with Crippen LogP contribution in [0.5, 0.6) is 0 Å². The third-order valence-electron chi connectivity index (χ3n) is 4.23. The fraction of sp³-hybridized carbons (Fsp3) is 0.625. The van der Waals surface area contributed by atoms with Gasteiger partial charge in [-0.1, -0.05) is 30.3 Å². The van der Waals surface area contributed by atoms with E-state index in [2.05, 4.69) is 54.1 Å². The zero-order chi connectivity index (χ0) is 13.7. The highest BCUT2D eigenvalue weighted by Gasteiger charge is 2.27. The molecule has 0 aliphatic carbocycles. The highest BCUT2D eigenvalue weighted by molar-refractivity contribution is 5.18. The van der Waals surface area contributed by atoms with Gasteiger partial charge in [-0.25, -0.2) is 0 Å². The maximum atomic E-state index is 5.81. The Hall–Kier alpha value is -0.900. The maximum absolute atomic E-state index is 5.81. The van der Waals surface area contributed by atoms with Crippen molar-refractivity contribution in [2.24, 2.45) is 5.73 Å². The van der Waals surface area contributed by atoms with E-state index in [1.807, 2.05) is 0 Å². The molecule has 3 nitrogen and oxygen atoms in total. The minimum atomic E-state index is 0.476. The molecule has 2 atom stereocenters. The summed E-state index contributed by atoms with van der Waals surface area (Å²) in [5, 5.41) is 0. The second-order valence-electron chi connectivity index (χ2n) is 5.67. The van der Waals surface area contributed by atoms with Crippen molar-refractivity contribution >= 4 is 0 Å². The van der Waals surface area contributed by atoms with Crippen LogP contribution in [0, 0.1) is 0 Å². The van der Waals surface area contributed by atoms with Crippen molar-refractivity contribution in [3.8, 4) is 0 Å². The van der Waals surface area contributed by atoms with Crippen LogP contribution >= 0.6 is 0 Å². The summed E-state index contributed by atoms with van der Waals surface area (Å²) in [7, 11) is 2.22. The molecule has 0 amide bonds. The highest BCUT2D eigenvalue weighted by atomic mass is 15.2. The van der Waals surface area contributed by atoms with E-state index in [1.54, 1.807) is 0 Å². The molecule has 0 aromatic heterocycles. The number of rotatable bonds is 4. The predicted molar refractivity (Wildman–Crippen MR) is 81.1 cm³/mol. The fourth-order valence-electron chi connectivity index (χ4n) is 3.14. The first kappa shape index (κ1) is 14.5. The van der Waals surface area contributed by atoms with Crippen molar-refractivity contribution in [2.45, 2.75) is 31.8 Å². The molecule has 1 aliphatic rings. The van der Waals surface area contributed by atoms with Gasteiger partial charge >= 0.3 is 0 Å². The van der Waals surface area contributed by atoms with Crippen LogP contribution in [0.4, 0.5) is 0 Å². The SMILES string of the molecule is CC(c1ccccc1)N1CCCN(C)CC1CCN. The molecular weight excluding hydrogens is 234 g/mol. The standard InChI is InChI=1S/C16H27N3/c1-14(15-7-4-3-5-8-15)19-12-6-11-18(2)13-16(19)9-10-17/h3-5,7-8,14,16H,6,9-13,17H2,1-2H3. The molecule has 1 aromatic rings. The maximum Gasteiger partial charge on any atom is 0.0323 e. The Balaban J connectivity index is 2.14. The first-order valence-electron chi connectivity index (χ1n) is 7.41. The molecule has 2 N–H and O–H groups in total. The van der Waals surface area contributed by atoms with Crippen molar-refractivity contribution in [3.05, 3.63) is 35.9 Å². The van der Waals surface area contributed by atoms with Crippen LogP contribution in [-0.4, -0.2) is 49.1 Å². The summed E-state index contributed by atoms with van der Waals surface area (Å²) < 4.78 is 0. The molecular formula is C16H27N3. The van der Waals surface area contributed by atoms with Crippen molar-refractivity contribution in [1.29, 1.82) is 0 Å². The van der Waals surface area contributed by atoms with Gasteiger partial charge in [0.25, 0.3) is 0 Å². The summed E-state index contributed by atoms with van der Waals surface area (Å²) in [6.45, 7) is 6.60. The van der Waals surface area contributed by atoms with Crippen LogP contribution < -0.4 is 5.73 Å². The number of nitrogens with two attached hydrogens (primary N) is 1. The molecule has 0 bridgehead atoms. The number of hydrogen-bond acceptors (Lipinski definition) is 3. The molecule has 2 rings (SSSR count). The van der Waals surface area contributed by atoms with Gasteiger partial charge in [-0.15, -0.1) is 0 Å². The molecule has 2 unspecified atom stereocenters. The smallest absolute Gasteiger partial charge is 0.0323 e. The summed E-state index contributed by atoms with van der Waals surface area (Å²) in [4.78, 5) is 5.09. The second kappa shape index (κ2) is 7.04. The quantitative estimate of drug-likeness (QED) is 0.901. The van der Waals surface area contributed by atoms with E-state index < -0.39 is 0 Å². The van der Waals surface area contributed by atoms with Crippen LogP contribution in [0.3, 0.4) is 0 Å². The van der Waals surface area contributed by atoms with E-state index in [-0.39, 0.29) is 0 Å². The number of nitrogens with zero attached hydrogens (tertiary/aromatic N) is 2. The predicted octanol–water partition coefficient (Wildman–Crippen LogP) is 2.10. The van der Waals surface area contributed by atoms with E-state index in [1.165, 1.54) is 25.1 Å². The van der Waals surface area contributed by atoms with Crippen molar-refractivity contribution < 1.29 is 0 Å². The van der Waals surface area contributed by atoms with Gasteiger partial charge in [0.1, 0.15) is 0 Å². The van der Waals surface area contributed by atoms with Crippen LogP contribution in [-0.2, 0) is 0 Å². The zero-order valence-corrected chi connectivity index (χ0v) is 12.3. The van der Waals surface area contributed by atoms with E-state index in [0.29, 0.717) is 12.1 Å². The third kappa shape index (κ3) is 3.78. The van der Waals surface area contributed by atoms with Gasteiger partial charge in [-0.05, 0) is 45.5 Å². The van der Waals surface area contributed by atoms with Gasteiger partial charge in [0, 0.05) is 25.2 Å². The summed E-state index contributed by atoms with van der Waals surface area (Å²) in [6.07, 6.45) is 2.33. The fourth-order valence-corrected chi connectivity index (χ4v) is 3.14. The molecule has 1 saturated heterocycles. The topological polar surface area (TPSA) is 32.5 Å². The lowest BCUT2D eigenvalue weighted by Crippen LogP contribution is -2.42. The Morgan fingerprint density at radius 3 is 2.68 bits per heavy atom. The average molecular weight is 261 g/mol. The average Bonchev–Trinajstić information content (AvgIpc) is 2.61. The monoisotopic (exact) mass is 261 g/mol. The molecule has 0 radical (unpaired) electrons. The zero-order valence-electron chi connectivity index (χ0n) is 12.3. The molecule has 0 saturated carbocycles. The van der Waals surface area contributed by atoms with Gasteiger partial charge in [-0.2, -0.15) is 0 Å². The van der Waals surface area contributed by atoms with Crippen LogP contribution in [0.15, 0.2) is 30.3 Å². The summed E-state index contributed by atoms with van der Waals surface area (Å²) >= 11 is 0. The van der Waals surface area contributed by atoms with Crippen LogP contribution in [0.25, 0.3) is 0 Å². The van der Waals surface area contributed by atoms with Crippen LogP contribution in [0.2, 0.25) is 0 Å². The van der Waals surface area contributed by atoms with Crippen molar-refractivity contribution in [2.75, 3.05) is 33.2 Å². The van der Waals surface area contributed by atoms with E-state index >= 15 is 0 Å². The molecule has 0 spiro atoms. The molecule has 106 valence electrons. The van der Waals surface area contributed by atoms with Gasteiger partial charge in [0.15, 0.2) is 0 Å². The molecule has 1 aromatic carbocycles. The Morgan fingerprint density at radius 1 is 1.26 bits per heavy atom. The largest absolute Gasteiger partial charge is 0.330 e. The molecule has 3 heteroatoms. The first-order valence-corrected chi connectivity index (χ1v) is 7.41. The second-order valence-corrected chi connectivity index (χ2v) is 5.67. The Labute approximate surface area is 117 Å². The van der Waals surface area contributed by atoms with E-state index in [0.717, 1.165) is 19.5 Å². The number of likely N-dealkylation sites (N-methyl/N-ethyl adjacent to an activating group) is 1. The third-order valence-corrected chi connectivity index (χ3v) is 4.23. The first-order chi connectivity index (χ1) is 9.22. The lowest BCUT2D eigenvalue weighted by atomic mass is 10.0. The highest BCUT2D eigenvalue weighted by Crippen LogP contribution is 2.25. The summed E-state index contributed by atoms with van der Waals surface area (Å²) in [5.41, 5.74) is 7.22. The Kier molecular flexibility index (Phi) is 5.37. The normalized spacial score (nSPS) is 24.1. The lowest BCUT2D eigenvalue weighted by Gasteiger charge is -2.36. The molecule has 19 heavy (non-hydrogen) atoms. The minimum absolute atomic E-state index is 0.476. The molecule has 1 fully saturated rings. The Morgan fingerprint density at radius 2 is 2.00 bits per heavy atom. The van der Waals surface area contributed by atoms with Crippen molar-refractivity contribution in [3.63, 3.8) is 0 Å². The number of hydrogen-bond donors (Lipinski definition) is 1. The molecule has 1 aliphatic heterocycles. The minimum Gasteiger partial charge on any atom is -0.330 e. The number of benzene rings is 1. The van der Waals surface area contributed by atoms with Gasteiger partial charge < -0.3 is 10.6 Å².